The van der Waals surface area contributed by atoms with Crippen LogP contribution in [0.2, 0.25) is 0 Å². The molecule has 350 valence electrons. The van der Waals surface area contributed by atoms with Crippen molar-refractivity contribution in [2.75, 3.05) is 6.61 Å². The number of ether oxygens (including phenoxy) is 1. The van der Waals surface area contributed by atoms with E-state index >= 15 is 0 Å². The van der Waals surface area contributed by atoms with Crippen molar-refractivity contribution in [1.82, 2.24) is 0 Å². The Balaban J connectivity index is 1.10. The summed E-state index contributed by atoms with van der Waals surface area (Å²) in [4.78, 5) is 0. The molecule has 0 spiro atoms. The summed E-state index contributed by atoms with van der Waals surface area (Å²) in [6, 6.07) is 34.4. The highest BCUT2D eigenvalue weighted by atomic mass is 16.5. The highest BCUT2D eigenvalue weighted by molar-refractivity contribution is 5.69. The van der Waals surface area contributed by atoms with E-state index in [0.717, 1.165) is 68.1 Å². The fraction of sp³-hybridized carbons (Fsp3) is 0.385. The molecule has 0 aliphatic heterocycles. The van der Waals surface area contributed by atoms with Crippen molar-refractivity contribution >= 4 is 0 Å². The van der Waals surface area contributed by atoms with Gasteiger partial charge < -0.3 is 4.74 Å². The van der Waals surface area contributed by atoms with Crippen molar-refractivity contribution in [3.05, 3.63) is 160 Å². The smallest absolute Gasteiger partial charge is 0.277 e. The van der Waals surface area contributed by atoms with Crippen LogP contribution in [0.25, 0.3) is 33.6 Å². The van der Waals surface area contributed by atoms with Gasteiger partial charge in [0, 0.05) is 34.4 Å². The molecular weight excluding hydrogens is 825 g/mol. The second-order valence-corrected chi connectivity index (χ2v) is 18.9. The minimum absolute atomic E-state index is 0.667. The van der Waals surface area contributed by atoms with Gasteiger partial charge in [-0.25, -0.2) is 0 Å². The summed E-state index contributed by atoms with van der Waals surface area (Å²) < 4.78 is 10.9. The standard InChI is InChI=1S/C65H76N2O/c1-9-11-12-13-14-15-16-17-18-19-20-21-22-23-24-25-43-68-65-47-59(52(5)45-60(65)39-31-55-29-36-58(37-30-55)57-34-27-54(26-10-2)28-35-57)38-32-56-33-41-63(66(7)48-56)64-42-40-61(49-67(64)8)62-46-51(4)50(3)44-53(62)6/h27-30,33-37,40-42,44-49H,9,11-25,43H2,1-8H3/q+2. The number of nitrogens with zero attached hydrogens (tertiary/aromatic N) is 2. The van der Waals surface area contributed by atoms with Crippen LogP contribution in [0.15, 0.2) is 109 Å². The van der Waals surface area contributed by atoms with E-state index in [1.54, 1.807) is 0 Å². The SMILES string of the molecule is CC#Cc1ccc(-c2ccc(C#Cc3cc(C)c(C#Cc4ccc(-c5ccc(-c6cc(C)c(C)cc6C)c[n+]5C)[n+](C)c4)cc3OCCCCCCCCCCCCCCCCCC)cc2)cc1. The summed E-state index contributed by atoms with van der Waals surface area (Å²) in [7, 11) is 4.22. The monoisotopic (exact) mass is 901 g/mol. The molecule has 0 atom stereocenters. The van der Waals surface area contributed by atoms with Crippen LogP contribution in [0.1, 0.15) is 167 Å². The number of hydrogen-bond acceptors (Lipinski definition) is 1. The zero-order chi connectivity index (χ0) is 48.1. The molecule has 0 radical (unpaired) electrons. The Morgan fingerprint density at radius 3 is 1.44 bits per heavy atom. The number of aryl methyl sites for hydroxylation is 6. The van der Waals surface area contributed by atoms with Gasteiger partial charge in [-0.2, -0.15) is 9.13 Å². The van der Waals surface area contributed by atoms with Crippen LogP contribution in [-0.4, -0.2) is 6.61 Å². The van der Waals surface area contributed by atoms with Gasteiger partial charge in [-0.15, -0.1) is 5.92 Å². The first-order valence-electron chi connectivity index (χ1n) is 25.7. The van der Waals surface area contributed by atoms with E-state index in [9.17, 15) is 0 Å². The fourth-order valence-electron chi connectivity index (χ4n) is 9.04. The van der Waals surface area contributed by atoms with E-state index < -0.39 is 0 Å². The van der Waals surface area contributed by atoms with Gasteiger partial charge >= 0.3 is 0 Å². The van der Waals surface area contributed by atoms with Gasteiger partial charge in [0.25, 0.3) is 11.4 Å². The molecule has 0 aliphatic rings. The Bertz CT molecular complexity index is 2780. The molecule has 3 heteroatoms. The molecule has 0 N–H and O–H groups in total. The highest BCUT2D eigenvalue weighted by Gasteiger charge is 2.21. The molecule has 0 amide bonds. The van der Waals surface area contributed by atoms with Crippen LogP contribution in [0.3, 0.4) is 0 Å². The molecule has 68 heavy (non-hydrogen) atoms. The minimum atomic E-state index is 0.667. The first-order valence-corrected chi connectivity index (χ1v) is 25.7. The van der Waals surface area contributed by atoms with Crippen molar-refractivity contribution < 1.29 is 13.9 Å². The van der Waals surface area contributed by atoms with Gasteiger partial charge in [0.1, 0.15) is 19.8 Å². The third-order valence-corrected chi connectivity index (χ3v) is 13.3. The molecular formula is C65H76N2O+2. The summed E-state index contributed by atoms with van der Waals surface area (Å²) >= 11 is 0. The topological polar surface area (TPSA) is 17.0 Å². The maximum absolute atomic E-state index is 6.56. The summed E-state index contributed by atoms with van der Waals surface area (Å²) in [6.45, 7) is 13.5. The maximum Gasteiger partial charge on any atom is 0.277 e. The molecule has 0 unspecified atom stereocenters. The summed E-state index contributed by atoms with van der Waals surface area (Å²) in [5.41, 5.74) is 16.9. The lowest BCUT2D eigenvalue weighted by Gasteiger charge is -2.11. The molecule has 0 saturated heterocycles. The predicted octanol–water partition coefficient (Wildman–Crippen LogP) is 15.4. The van der Waals surface area contributed by atoms with Gasteiger partial charge in [0.05, 0.1) is 17.7 Å². The average Bonchev–Trinajstić information content (AvgIpc) is 3.33. The van der Waals surface area contributed by atoms with Gasteiger partial charge in [0.15, 0.2) is 12.4 Å². The molecule has 0 bridgehead atoms. The normalized spacial score (nSPS) is 10.7. The second-order valence-electron chi connectivity index (χ2n) is 18.9. The molecule has 6 rings (SSSR count). The molecule has 6 aromatic rings. The first-order chi connectivity index (χ1) is 33.1. The summed E-state index contributed by atoms with van der Waals surface area (Å²) in [5, 5.41) is 0. The third-order valence-electron chi connectivity index (χ3n) is 13.3. The van der Waals surface area contributed by atoms with E-state index in [2.05, 4.69) is 203 Å². The molecule has 3 nitrogen and oxygen atoms in total. The van der Waals surface area contributed by atoms with Crippen molar-refractivity contribution in [1.29, 1.82) is 0 Å². The Labute approximate surface area is 411 Å². The zero-order valence-electron chi connectivity index (χ0n) is 42.7. The lowest BCUT2D eigenvalue weighted by molar-refractivity contribution is -0.690. The predicted molar refractivity (Wildman–Crippen MR) is 286 cm³/mol. The van der Waals surface area contributed by atoms with E-state index in [1.165, 1.54) is 124 Å². The number of unbranched alkanes of at least 4 members (excludes halogenated alkanes) is 15. The van der Waals surface area contributed by atoms with Crippen LogP contribution in [0.5, 0.6) is 5.75 Å². The number of benzene rings is 4. The van der Waals surface area contributed by atoms with Gasteiger partial charge in [-0.05, 0) is 129 Å². The number of hydrogen-bond donors (Lipinski definition) is 0. The lowest BCUT2D eigenvalue weighted by Crippen LogP contribution is -2.38. The minimum Gasteiger partial charge on any atom is -0.492 e. The van der Waals surface area contributed by atoms with Crippen molar-refractivity contribution in [2.45, 2.75) is 144 Å². The molecule has 0 aliphatic carbocycles. The molecule has 0 saturated carbocycles. The number of pyridine rings is 2. The Kier molecular flexibility index (Phi) is 20.2. The van der Waals surface area contributed by atoms with E-state index in [0.29, 0.717) is 6.61 Å². The van der Waals surface area contributed by atoms with E-state index in [1.807, 2.05) is 6.92 Å². The molecule has 0 fully saturated rings. The maximum atomic E-state index is 6.56. The number of aromatic nitrogens is 2. The second kappa shape index (κ2) is 26.9. The molecule has 2 aromatic heterocycles. The van der Waals surface area contributed by atoms with E-state index in [-0.39, 0.29) is 0 Å². The van der Waals surface area contributed by atoms with E-state index in [4.69, 9.17) is 4.74 Å². The quantitative estimate of drug-likeness (QED) is 0.0400. The average molecular weight is 901 g/mol. The third kappa shape index (κ3) is 15.3. The molecule has 4 aromatic carbocycles. The Hall–Kier alpha value is -6.34. The number of rotatable bonds is 21. The fourth-order valence-corrected chi connectivity index (χ4v) is 9.04. The lowest BCUT2D eigenvalue weighted by atomic mass is 9.96. The summed E-state index contributed by atoms with van der Waals surface area (Å²) in [5.74, 6) is 20.8. The largest absolute Gasteiger partial charge is 0.492 e. The Morgan fingerprint density at radius 1 is 0.412 bits per heavy atom. The van der Waals surface area contributed by atoms with Crippen LogP contribution < -0.4 is 13.9 Å². The van der Waals surface area contributed by atoms with Crippen molar-refractivity contribution in [3.8, 4) is 74.9 Å². The van der Waals surface area contributed by atoms with Gasteiger partial charge in [-0.3, -0.25) is 0 Å². The van der Waals surface area contributed by atoms with Gasteiger partial charge in [-0.1, -0.05) is 169 Å². The molecule has 2 heterocycles. The van der Waals surface area contributed by atoms with Crippen molar-refractivity contribution in [3.63, 3.8) is 0 Å². The van der Waals surface area contributed by atoms with Crippen LogP contribution >= 0.6 is 0 Å². The summed E-state index contributed by atoms with van der Waals surface area (Å²) in [6.07, 6.45) is 25.9. The Morgan fingerprint density at radius 2 is 0.882 bits per heavy atom. The van der Waals surface area contributed by atoms with Crippen LogP contribution in [-0.2, 0) is 14.1 Å². The van der Waals surface area contributed by atoms with Crippen LogP contribution in [0.4, 0.5) is 0 Å². The van der Waals surface area contributed by atoms with Crippen molar-refractivity contribution in [2.24, 2.45) is 14.1 Å². The highest BCUT2D eigenvalue weighted by Crippen LogP contribution is 2.28. The van der Waals surface area contributed by atoms with Crippen LogP contribution in [0, 0.1) is 63.2 Å². The zero-order valence-corrected chi connectivity index (χ0v) is 42.7. The van der Waals surface area contributed by atoms with Gasteiger partial charge in [0.2, 0.25) is 0 Å². The first kappa shape index (κ1) is 51.1.